The smallest absolute Gasteiger partial charge is 0.325 e. The number of halogens is 3. The Morgan fingerprint density at radius 1 is 1.33 bits per heavy atom. The highest BCUT2D eigenvalue weighted by Crippen LogP contribution is 2.39. The highest BCUT2D eigenvalue weighted by molar-refractivity contribution is 7.12. The van der Waals surface area contributed by atoms with Crippen LogP contribution in [0.2, 0.25) is 0 Å². The van der Waals surface area contributed by atoms with Crippen molar-refractivity contribution in [3.05, 3.63) is 21.9 Å². The molecule has 1 nitrogen and oxygen atoms in total. The molecule has 1 aromatic rings. The van der Waals surface area contributed by atoms with Crippen LogP contribution in [-0.2, 0) is 12.6 Å². The van der Waals surface area contributed by atoms with E-state index in [2.05, 4.69) is 0 Å². The third-order valence-corrected chi connectivity index (χ3v) is 3.89. The molecule has 0 unspecified atom stereocenters. The second-order valence-electron chi connectivity index (χ2n) is 4.13. The zero-order chi connectivity index (χ0) is 11.1. The van der Waals surface area contributed by atoms with Crippen LogP contribution < -0.4 is 5.73 Å². The highest BCUT2D eigenvalue weighted by Gasteiger charge is 2.38. The lowest BCUT2D eigenvalue weighted by Crippen LogP contribution is -2.21. The quantitative estimate of drug-likeness (QED) is 0.855. The van der Waals surface area contributed by atoms with Crippen LogP contribution in [0.3, 0.4) is 0 Å². The average Bonchev–Trinajstić information content (AvgIpc) is 2.66. The van der Waals surface area contributed by atoms with Gasteiger partial charge < -0.3 is 5.73 Å². The predicted molar refractivity (Wildman–Crippen MR) is 53.8 cm³/mol. The van der Waals surface area contributed by atoms with Gasteiger partial charge in [-0.1, -0.05) is 0 Å². The fraction of sp³-hybridized carbons (Fsp3) is 0.600. The third kappa shape index (κ3) is 2.72. The van der Waals surface area contributed by atoms with Crippen molar-refractivity contribution in [3.8, 4) is 0 Å². The van der Waals surface area contributed by atoms with E-state index in [1.165, 1.54) is 0 Å². The van der Waals surface area contributed by atoms with Crippen molar-refractivity contribution in [1.82, 2.24) is 0 Å². The van der Waals surface area contributed by atoms with Crippen molar-refractivity contribution in [2.24, 2.45) is 5.73 Å². The Balaban J connectivity index is 1.95. The van der Waals surface area contributed by atoms with E-state index in [0.29, 0.717) is 6.42 Å². The van der Waals surface area contributed by atoms with Crippen molar-refractivity contribution in [3.63, 3.8) is 0 Å². The number of hydrogen-bond acceptors (Lipinski definition) is 2. The van der Waals surface area contributed by atoms with Gasteiger partial charge in [0.25, 0.3) is 0 Å². The fourth-order valence-corrected chi connectivity index (χ4v) is 2.32. The highest BCUT2D eigenvalue weighted by atomic mass is 32.1. The first-order chi connectivity index (χ1) is 6.89. The lowest BCUT2D eigenvalue weighted by atomic mass is 10.1. The van der Waals surface area contributed by atoms with E-state index in [4.69, 9.17) is 5.73 Å². The molecule has 0 radical (unpaired) electrons. The maximum absolute atomic E-state index is 12.3. The maximum atomic E-state index is 12.3. The summed E-state index contributed by atoms with van der Waals surface area (Å²) in [5.74, 6) is 0. The molecule has 1 aliphatic carbocycles. The van der Waals surface area contributed by atoms with Gasteiger partial charge in [0.15, 0.2) is 0 Å². The number of hydrogen-bond donors (Lipinski definition) is 1. The molecule has 1 fully saturated rings. The lowest BCUT2D eigenvalue weighted by Gasteiger charge is -2.06. The molecule has 1 saturated carbocycles. The Bertz CT molecular complexity index is 352. The van der Waals surface area contributed by atoms with E-state index >= 15 is 0 Å². The van der Waals surface area contributed by atoms with Crippen LogP contribution in [0, 0.1) is 0 Å². The molecule has 5 heteroatoms. The maximum Gasteiger partial charge on any atom is 0.425 e. The van der Waals surface area contributed by atoms with E-state index in [0.717, 1.165) is 41.5 Å². The Morgan fingerprint density at radius 3 is 2.47 bits per heavy atom. The van der Waals surface area contributed by atoms with Gasteiger partial charge in [0.1, 0.15) is 4.88 Å². The molecule has 1 heterocycles. The van der Waals surface area contributed by atoms with Gasteiger partial charge in [-0.3, -0.25) is 0 Å². The van der Waals surface area contributed by atoms with E-state index in [1.54, 1.807) is 6.07 Å². The first-order valence-electron chi connectivity index (χ1n) is 4.84. The number of aryl methyl sites for hydroxylation is 1. The summed E-state index contributed by atoms with van der Waals surface area (Å²) in [6, 6.07) is 2.70. The molecule has 0 amide bonds. The van der Waals surface area contributed by atoms with Crippen LogP contribution >= 0.6 is 11.3 Å². The number of rotatable bonds is 3. The largest absolute Gasteiger partial charge is 0.425 e. The molecule has 0 saturated heterocycles. The van der Waals surface area contributed by atoms with Crippen LogP contribution in [0.5, 0.6) is 0 Å². The van der Waals surface area contributed by atoms with Crippen LogP contribution in [0.4, 0.5) is 13.2 Å². The predicted octanol–water partition coefficient (Wildman–Crippen LogP) is 3.19. The summed E-state index contributed by atoms with van der Waals surface area (Å²) in [5.41, 5.74) is 5.79. The minimum Gasteiger partial charge on any atom is -0.325 e. The summed E-state index contributed by atoms with van der Waals surface area (Å²) in [7, 11) is 0. The van der Waals surface area contributed by atoms with Gasteiger partial charge in [0, 0.05) is 10.4 Å². The zero-order valence-corrected chi connectivity index (χ0v) is 8.92. The topological polar surface area (TPSA) is 26.0 Å². The van der Waals surface area contributed by atoms with E-state index in [9.17, 15) is 13.2 Å². The summed E-state index contributed by atoms with van der Waals surface area (Å²) in [5, 5.41) is 0. The van der Waals surface area contributed by atoms with Crippen molar-refractivity contribution in [2.75, 3.05) is 0 Å². The molecule has 0 aromatic carbocycles. The Hall–Kier alpha value is -0.550. The average molecular weight is 235 g/mol. The molecule has 15 heavy (non-hydrogen) atoms. The normalized spacial score (nSPS) is 19.2. The summed E-state index contributed by atoms with van der Waals surface area (Å²) >= 11 is 0.828. The van der Waals surface area contributed by atoms with Crippen LogP contribution in [0.15, 0.2) is 12.1 Å². The molecule has 0 bridgehead atoms. The van der Waals surface area contributed by atoms with Crippen LogP contribution in [-0.4, -0.2) is 5.54 Å². The molecular formula is C10H12F3NS. The van der Waals surface area contributed by atoms with Crippen molar-refractivity contribution in [2.45, 2.75) is 37.4 Å². The van der Waals surface area contributed by atoms with Gasteiger partial charge in [-0.15, -0.1) is 11.3 Å². The number of alkyl halides is 3. The van der Waals surface area contributed by atoms with Gasteiger partial charge in [-0.2, -0.15) is 13.2 Å². The number of nitrogens with two attached hydrogens (primary N) is 1. The SMILES string of the molecule is NC1(CCc2ccc(C(F)(F)F)s2)CC1. The van der Waals surface area contributed by atoms with Crippen LogP contribution in [0.25, 0.3) is 0 Å². The molecule has 2 N–H and O–H groups in total. The van der Waals surface area contributed by atoms with E-state index in [1.807, 2.05) is 0 Å². The van der Waals surface area contributed by atoms with Gasteiger partial charge in [0.05, 0.1) is 0 Å². The number of thiophene rings is 1. The fourth-order valence-electron chi connectivity index (χ4n) is 1.45. The summed E-state index contributed by atoms with van der Waals surface area (Å²) in [6.45, 7) is 0. The molecule has 0 aliphatic heterocycles. The zero-order valence-electron chi connectivity index (χ0n) is 8.10. The second-order valence-corrected chi connectivity index (χ2v) is 5.29. The second kappa shape index (κ2) is 3.49. The third-order valence-electron chi connectivity index (χ3n) is 2.70. The molecule has 0 atom stereocenters. The Labute approximate surface area is 90.1 Å². The van der Waals surface area contributed by atoms with Crippen molar-refractivity contribution in [1.29, 1.82) is 0 Å². The van der Waals surface area contributed by atoms with E-state index in [-0.39, 0.29) is 5.54 Å². The molecule has 2 rings (SSSR count). The lowest BCUT2D eigenvalue weighted by molar-refractivity contribution is -0.134. The minimum atomic E-state index is -4.21. The van der Waals surface area contributed by atoms with Crippen LogP contribution in [0.1, 0.15) is 29.0 Å². The van der Waals surface area contributed by atoms with Crippen molar-refractivity contribution < 1.29 is 13.2 Å². The first kappa shape index (κ1) is 11.0. The monoisotopic (exact) mass is 235 g/mol. The molecule has 0 spiro atoms. The summed E-state index contributed by atoms with van der Waals surface area (Å²) in [4.78, 5) is 0.262. The van der Waals surface area contributed by atoms with Crippen molar-refractivity contribution >= 4 is 11.3 Å². The van der Waals surface area contributed by atoms with Gasteiger partial charge >= 0.3 is 6.18 Å². The standard InChI is InChI=1S/C10H12F3NS/c11-10(12,13)8-2-1-7(15-8)3-4-9(14)5-6-9/h1-2H,3-6,14H2. The molecule has 84 valence electrons. The first-order valence-corrected chi connectivity index (χ1v) is 5.66. The Kier molecular flexibility index (Phi) is 2.55. The molecular weight excluding hydrogens is 223 g/mol. The minimum absolute atomic E-state index is 0.0810. The van der Waals surface area contributed by atoms with Gasteiger partial charge in [-0.05, 0) is 37.8 Å². The Morgan fingerprint density at radius 2 is 2.00 bits per heavy atom. The molecule has 1 aliphatic rings. The molecule has 1 aromatic heterocycles. The summed E-state index contributed by atoms with van der Waals surface area (Å²) in [6.07, 6.45) is -0.736. The van der Waals surface area contributed by atoms with Gasteiger partial charge in [-0.25, -0.2) is 0 Å². The van der Waals surface area contributed by atoms with Gasteiger partial charge in [0.2, 0.25) is 0 Å². The summed E-state index contributed by atoms with van der Waals surface area (Å²) < 4.78 is 36.8. The van der Waals surface area contributed by atoms with E-state index < -0.39 is 11.1 Å².